The van der Waals surface area contributed by atoms with Crippen molar-refractivity contribution in [1.29, 1.82) is 0 Å². The molecule has 1 aliphatic heterocycles. The van der Waals surface area contributed by atoms with Gasteiger partial charge in [-0.1, -0.05) is 60.8 Å². The van der Waals surface area contributed by atoms with Crippen LogP contribution < -0.4 is 0 Å². The third kappa shape index (κ3) is 5.91. The first-order chi connectivity index (χ1) is 17.4. The summed E-state index contributed by atoms with van der Waals surface area (Å²) >= 11 is 12.3. The fourth-order valence-electron chi connectivity index (χ4n) is 4.74. The number of carboxylic acids is 1. The molecule has 0 saturated carbocycles. The Bertz CT molecular complexity index is 1150. The highest BCUT2D eigenvalue weighted by Crippen LogP contribution is 2.44. The number of imidazole rings is 1. The zero-order valence-electron chi connectivity index (χ0n) is 20.0. The van der Waals surface area contributed by atoms with E-state index in [9.17, 15) is 14.7 Å². The van der Waals surface area contributed by atoms with Crippen LogP contribution in [0.2, 0.25) is 10.0 Å². The zero-order chi connectivity index (χ0) is 25.7. The van der Waals surface area contributed by atoms with Gasteiger partial charge in [0.15, 0.2) is 0 Å². The van der Waals surface area contributed by atoms with Crippen LogP contribution in [0.25, 0.3) is 0 Å². The molecule has 0 radical (unpaired) electrons. The van der Waals surface area contributed by atoms with E-state index in [1.807, 2.05) is 42.0 Å². The highest BCUT2D eigenvalue weighted by molar-refractivity contribution is 6.30. The SMILES string of the molecule is CCC[C@H](C(=O)O)N1C(=O)[C@H](CCCn2ccnc2)O[C@@H](c2ccc(Cl)cc2)[C@H]1c1ccc(Cl)cc1. The number of benzene rings is 2. The summed E-state index contributed by atoms with van der Waals surface area (Å²) in [6.07, 6.45) is 6.00. The van der Waals surface area contributed by atoms with E-state index in [0.29, 0.717) is 42.3 Å². The average molecular weight is 530 g/mol. The number of carbonyl (C=O) groups is 2. The third-order valence-electron chi connectivity index (χ3n) is 6.46. The largest absolute Gasteiger partial charge is 0.480 e. The van der Waals surface area contributed by atoms with Crippen LogP contribution in [0.5, 0.6) is 0 Å². The van der Waals surface area contributed by atoms with Crippen molar-refractivity contribution in [3.8, 4) is 0 Å². The van der Waals surface area contributed by atoms with Gasteiger partial charge < -0.3 is 19.3 Å². The summed E-state index contributed by atoms with van der Waals surface area (Å²) in [5.41, 5.74) is 1.57. The summed E-state index contributed by atoms with van der Waals surface area (Å²) < 4.78 is 8.43. The molecular formula is C27H29Cl2N3O4. The molecule has 4 atom stereocenters. The van der Waals surface area contributed by atoms with Gasteiger partial charge in [0.25, 0.3) is 5.91 Å². The predicted molar refractivity (Wildman–Crippen MR) is 138 cm³/mol. The predicted octanol–water partition coefficient (Wildman–Crippen LogP) is 5.93. The number of nitrogens with zero attached hydrogens (tertiary/aromatic N) is 3. The lowest BCUT2D eigenvalue weighted by atomic mass is 9.89. The van der Waals surface area contributed by atoms with Gasteiger partial charge in [-0.25, -0.2) is 9.78 Å². The minimum atomic E-state index is -1.03. The standard InChI is InChI=1S/C27H29Cl2N3O4/c1-2-4-22(27(34)35)32-24(18-6-10-20(28)11-7-18)25(19-8-12-21(29)13-9-19)36-23(26(32)33)5-3-15-31-16-14-30-17-31/h6-14,16-17,22-25H,2-5,15H2,1H3,(H,34,35)/t22-,23+,24-,25+/m1/s1. The monoisotopic (exact) mass is 529 g/mol. The van der Waals surface area contributed by atoms with Crippen molar-refractivity contribution in [3.63, 3.8) is 0 Å². The number of aryl methyl sites for hydroxylation is 1. The molecule has 9 heteroatoms. The van der Waals surface area contributed by atoms with Gasteiger partial charge in [0.1, 0.15) is 18.2 Å². The second-order valence-electron chi connectivity index (χ2n) is 8.92. The minimum absolute atomic E-state index is 0.313. The number of rotatable bonds is 10. The van der Waals surface area contributed by atoms with E-state index < -0.39 is 30.3 Å². The molecule has 2 heterocycles. The molecule has 0 bridgehead atoms. The maximum atomic E-state index is 13.9. The van der Waals surface area contributed by atoms with E-state index in [4.69, 9.17) is 27.9 Å². The molecule has 0 unspecified atom stereocenters. The Morgan fingerprint density at radius 3 is 2.28 bits per heavy atom. The quantitative estimate of drug-likeness (QED) is 0.351. The number of halogens is 2. The molecule has 36 heavy (non-hydrogen) atoms. The second kappa shape index (κ2) is 11.9. The Kier molecular flexibility index (Phi) is 8.67. The first-order valence-electron chi connectivity index (χ1n) is 12.1. The average Bonchev–Trinajstić information content (AvgIpc) is 3.38. The van der Waals surface area contributed by atoms with Crippen LogP contribution in [-0.2, 0) is 20.9 Å². The summed E-state index contributed by atoms with van der Waals surface area (Å²) in [6, 6.07) is 12.8. The maximum absolute atomic E-state index is 13.9. The lowest BCUT2D eigenvalue weighted by molar-refractivity contribution is -0.185. The molecule has 1 aliphatic rings. The summed E-state index contributed by atoms with van der Waals surface area (Å²) in [5.74, 6) is -1.34. The Morgan fingerprint density at radius 1 is 1.08 bits per heavy atom. The van der Waals surface area contributed by atoms with Gasteiger partial charge in [-0.2, -0.15) is 0 Å². The first-order valence-corrected chi connectivity index (χ1v) is 12.8. The number of aromatic nitrogens is 2. The summed E-state index contributed by atoms with van der Waals surface area (Å²) in [6.45, 7) is 2.59. The van der Waals surface area contributed by atoms with Crippen molar-refractivity contribution in [3.05, 3.63) is 88.4 Å². The van der Waals surface area contributed by atoms with Gasteiger partial charge in [-0.3, -0.25) is 4.79 Å². The molecule has 1 fully saturated rings. The summed E-state index contributed by atoms with van der Waals surface area (Å²) in [7, 11) is 0. The van der Waals surface area contributed by atoms with Crippen LogP contribution in [0.15, 0.2) is 67.3 Å². The van der Waals surface area contributed by atoms with Gasteiger partial charge in [-0.15, -0.1) is 0 Å². The van der Waals surface area contributed by atoms with Crippen LogP contribution in [-0.4, -0.2) is 43.6 Å². The van der Waals surface area contributed by atoms with Crippen LogP contribution >= 0.6 is 23.2 Å². The molecular weight excluding hydrogens is 501 g/mol. The molecule has 1 N–H and O–H groups in total. The van der Waals surface area contributed by atoms with E-state index in [1.54, 1.807) is 36.8 Å². The van der Waals surface area contributed by atoms with E-state index in [-0.39, 0.29) is 5.91 Å². The Balaban J connectivity index is 1.75. The highest BCUT2D eigenvalue weighted by atomic mass is 35.5. The van der Waals surface area contributed by atoms with E-state index in [1.165, 1.54) is 4.90 Å². The molecule has 0 aliphatic carbocycles. The van der Waals surface area contributed by atoms with Crippen LogP contribution in [0.1, 0.15) is 55.9 Å². The van der Waals surface area contributed by atoms with Crippen molar-refractivity contribution in [1.82, 2.24) is 14.5 Å². The number of morpholine rings is 1. The third-order valence-corrected chi connectivity index (χ3v) is 6.97. The molecule has 4 rings (SSSR count). The van der Waals surface area contributed by atoms with Gasteiger partial charge in [0, 0.05) is 29.0 Å². The number of amides is 1. The fourth-order valence-corrected chi connectivity index (χ4v) is 4.99. The van der Waals surface area contributed by atoms with Gasteiger partial charge in [-0.05, 0) is 54.7 Å². The lowest BCUT2D eigenvalue weighted by Crippen LogP contribution is -2.56. The summed E-state index contributed by atoms with van der Waals surface area (Å²) in [5, 5.41) is 11.3. The Hall–Kier alpha value is -2.87. The molecule has 190 valence electrons. The number of hydrogen-bond donors (Lipinski definition) is 1. The van der Waals surface area contributed by atoms with Gasteiger partial charge >= 0.3 is 5.97 Å². The van der Waals surface area contributed by atoms with Gasteiger partial charge in [0.2, 0.25) is 0 Å². The Labute approximate surface area is 220 Å². The number of hydrogen-bond acceptors (Lipinski definition) is 4. The lowest BCUT2D eigenvalue weighted by Gasteiger charge is -2.47. The molecule has 7 nitrogen and oxygen atoms in total. The van der Waals surface area contributed by atoms with Crippen molar-refractivity contribution in [2.75, 3.05) is 0 Å². The highest BCUT2D eigenvalue weighted by Gasteiger charge is 2.48. The summed E-state index contributed by atoms with van der Waals surface area (Å²) in [4.78, 5) is 31.9. The molecule has 2 aromatic carbocycles. The van der Waals surface area contributed by atoms with Crippen LogP contribution in [0.4, 0.5) is 0 Å². The minimum Gasteiger partial charge on any atom is -0.480 e. The van der Waals surface area contributed by atoms with Crippen LogP contribution in [0.3, 0.4) is 0 Å². The topological polar surface area (TPSA) is 84.7 Å². The maximum Gasteiger partial charge on any atom is 0.326 e. The first kappa shape index (κ1) is 26.2. The Morgan fingerprint density at radius 2 is 1.72 bits per heavy atom. The molecule has 1 saturated heterocycles. The zero-order valence-corrected chi connectivity index (χ0v) is 21.5. The van der Waals surface area contributed by atoms with Crippen LogP contribution in [0, 0.1) is 0 Å². The fraction of sp³-hybridized carbons (Fsp3) is 0.370. The number of aliphatic carboxylic acids is 1. The number of carbonyl (C=O) groups excluding carboxylic acids is 1. The van der Waals surface area contributed by atoms with Crippen molar-refractivity contribution in [2.45, 2.75) is 63.4 Å². The van der Waals surface area contributed by atoms with E-state index in [2.05, 4.69) is 4.98 Å². The smallest absolute Gasteiger partial charge is 0.326 e. The second-order valence-corrected chi connectivity index (χ2v) is 9.80. The van der Waals surface area contributed by atoms with Crippen molar-refractivity contribution >= 4 is 35.1 Å². The normalized spacial score (nSPS) is 20.9. The molecule has 1 amide bonds. The van der Waals surface area contributed by atoms with E-state index >= 15 is 0 Å². The van der Waals surface area contributed by atoms with Crippen molar-refractivity contribution < 1.29 is 19.4 Å². The number of carboxylic acid groups (broad SMARTS) is 1. The van der Waals surface area contributed by atoms with E-state index in [0.717, 1.165) is 11.1 Å². The van der Waals surface area contributed by atoms with Crippen molar-refractivity contribution in [2.24, 2.45) is 0 Å². The molecule has 0 spiro atoms. The van der Waals surface area contributed by atoms with Gasteiger partial charge in [0.05, 0.1) is 12.4 Å². The molecule has 3 aromatic rings. The molecule has 1 aromatic heterocycles. The number of ether oxygens (including phenoxy) is 1.